The molecule has 1 aromatic carbocycles. The van der Waals surface area contributed by atoms with E-state index >= 15 is 0 Å². The average Bonchev–Trinajstić information content (AvgIpc) is 3.25. The molecular formula is C16H24N2O3. The maximum Gasteiger partial charge on any atom is 0.255 e. The van der Waals surface area contributed by atoms with Crippen LogP contribution >= 0.6 is 0 Å². The summed E-state index contributed by atoms with van der Waals surface area (Å²) in [5.41, 5.74) is 6.69. The molecule has 21 heavy (non-hydrogen) atoms. The molecule has 0 spiro atoms. The zero-order valence-corrected chi connectivity index (χ0v) is 12.6. The van der Waals surface area contributed by atoms with Crippen molar-refractivity contribution in [2.45, 2.75) is 25.8 Å². The highest BCUT2D eigenvalue weighted by molar-refractivity contribution is 5.75. The van der Waals surface area contributed by atoms with Crippen LogP contribution in [0.15, 0.2) is 24.3 Å². The van der Waals surface area contributed by atoms with Gasteiger partial charge in [0, 0.05) is 26.8 Å². The average molecular weight is 292 g/mol. The van der Waals surface area contributed by atoms with Gasteiger partial charge in [-0.25, -0.2) is 0 Å². The Hall–Kier alpha value is -1.59. The first-order valence-corrected chi connectivity index (χ1v) is 7.33. The van der Waals surface area contributed by atoms with E-state index in [4.69, 9.17) is 15.2 Å². The van der Waals surface area contributed by atoms with Gasteiger partial charge in [-0.05, 0) is 42.4 Å². The number of nitrogens with two attached hydrogens (primary N) is 1. The van der Waals surface area contributed by atoms with Crippen molar-refractivity contribution in [2.75, 3.05) is 26.9 Å². The number of ether oxygens (including phenoxy) is 2. The molecule has 0 aliphatic heterocycles. The van der Waals surface area contributed by atoms with Crippen LogP contribution in [-0.4, -0.2) is 32.8 Å². The Labute approximate surface area is 125 Å². The van der Waals surface area contributed by atoms with Crippen LogP contribution in [0.2, 0.25) is 0 Å². The molecule has 1 aliphatic carbocycles. The molecule has 0 saturated heterocycles. The minimum atomic E-state index is -0.466. The van der Waals surface area contributed by atoms with Crippen molar-refractivity contribution < 1.29 is 14.3 Å². The van der Waals surface area contributed by atoms with Crippen molar-refractivity contribution in [1.29, 1.82) is 0 Å². The zero-order chi connectivity index (χ0) is 15.1. The highest BCUT2D eigenvalue weighted by Crippen LogP contribution is 2.48. The fourth-order valence-electron chi connectivity index (χ4n) is 2.34. The lowest BCUT2D eigenvalue weighted by Gasteiger charge is -2.15. The van der Waals surface area contributed by atoms with Crippen LogP contribution in [0.1, 0.15) is 24.8 Å². The molecular weight excluding hydrogens is 268 g/mol. The summed E-state index contributed by atoms with van der Waals surface area (Å²) in [6, 6.07) is 7.71. The first kappa shape index (κ1) is 15.8. The Kier molecular flexibility index (Phi) is 5.59. The van der Waals surface area contributed by atoms with E-state index in [0.717, 1.165) is 26.1 Å². The minimum Gasteiger partial charge on any atom is -0.484 e. The third-order valence-electron chi connectivity index (χ3n) is 3.93. The van der Waals surface area contributed by atoms with Crippen molar-refractivity contribution in [1.82, 2.24) is 5.32 Å². The fraction of sp³-hybridized carbons (Fsp3) is 0.562. The van der Waals surface area contributed by atoms with E-state index < -0.39 is 5.91 Å². The number of primary amides is 1. The van der Waals surface area contributed by atoms with E-state index in [2.05, 4.69) is 5.32 Å². The predicted octanol–water partition coefficient (Wildman–Crippen LogP) is 1.46. The summed E-state index contributed by atoms with van der Waals surface area (Å²) in [7, 11) is 1.76. The summed E-state index contributed by atoms with van der Waals surface area (Å²) >= 11 is 0. The smallest absolute Gasteiger partial charge is 0.255 e. The number of hydrogen-bond acceptors (Lipinski definition) is 4. The molecule has 1 amide bonds. The molecule has 0 bridgehead atoms. The van der Waals surface area contributed by atoms with E-state index in [9.17, 15) is 4.79 Å². The van der Waals surface area contributed by atoms with Gasteiger partial charge in [0.15, 0.2) is 6.61 Å². The summed E-state index contributed by atoms with van der Waals surface area (Å²) in [6.45, 7) is 2.63. The lowest BCUT2D eigenvalue weighted by atomic mass is 10.0. The second-order valence-electron chi connectivity index (χ2n) is 5.75. The summed E-state index contributed by atoms with van der Waals surface area (Å²) in [5.74, 6) is 0.197. The van der Waals surface area contributed by atoms with E-state index in [1.807, 2.05) is 24.3 Å². The van der Waals surface area contributed by atoms with Gasteiger partial charge in [0.1, 0.15) is 5.75 Å². The second-order valence-corrected chi connectivity index (χ2v) is 5.75. The van der Waals surface area contributed by atoms with Gasteiger partial charge in [-0.2, -0.15) is 0 Å². The quantitative estimate of drug-likeness (QED) is 0.684. The van der Waals surface area contributed by atoms with Gasteiger partial charge in [-0.3, -0.25) is 4.79 Å². The highest BCUT2D eigenvalue weighted by Gasteiger charge is 2.41. The second kappa shape index (κ2) is 7.43. The van der Waals surface area contributed by atoms with Gasteiger partial charge in [0.25, 0.3) is 5.91 Å². The molecule has 0 aromatic heterocycles. The lowest BCUT2D eigenvalue weighted by Crippen LogP contribution is -2.24. The first-order chi connectivity index (χ1) is 10.1. The molecule has 5 heteroatoms. The molecule has 116 valence electrons. The molecule has 2 rings (SSSR count). The molecule has 3 N–H and O–H groups in total. The molecule has 1 saturated carbocycles. The van der Waals surface area contributed by atoms with Gasteiger partial charge < -0.3 is 20.5 Å². The van der Waals surface area contributed by atoms with Crippen molar-refractivity contribution in [3.8, 4) is 5.75 Å². The van der Waals surface area contributed by atoms with Crippen LogP contribution in [0.5, 0.6) is 5.75 Å². The Bertz CT molecular complexity index is 455. The molecule has 1 aromatic rings. The van der Waals surface area contributed by atoms with Crippen molar-refractivity contribution in [3.05, 3.63) is 29.8 Å². The van der Waals surface area contributed by atoms with Crippen molar-refractivity contribution in [2.24, 2.45) is 11.1 Å². The van der Waals surface area contributed by atoms with Gasteiger partial charge in [0.05, 0.1) is 0 Å². The summed E-state index contributed by atoms with van der Waals surface area (Å²) in [4.78, 5) is 10.6. The maximum absolute atomic E-state index is 10.6. The van der Waals surface area contributed by atoms with Crippen LogP contribution in [0, 0.1) is 5.41 Å². The Morgan fingerprint density at radius 1 is 1.33 bits per heavy atom. The number of rotatable bonds is 10. The Balaban J connectivity index is 1.70. The van der Waals surface area contributed by atoms with E-state index in [1.165, 1.54) is 18.4 Å². The van der Waals surface area contributed by atoms with Crippen LogP contribution in [0.3, 0.4) is 0 Å². The Morgan fingerprint density at radius 3 is 2.62 bits per heavy atom. The maximum atomic E-state index is 10.6. The Morgan fingerprint density at radius 2 is 2.05 bits per heavy atom. The molecule has 1 aliphatic rings. The summed E-state index contributed by atoms with van der Waals surface area (Å²) < 4.78 is 10.4. The third kappa shape index (κ3) is 5.36. The molecule has 0 heterocycles. The normalized spacial score (nSPS) is 15.7. The molecule has 5 nitrogen and oxygen atoms in total. The van der Waals surface area contributed by atoms with Crippen LogP contribution in [0.25, 0.3) is 0 Å². The lowest BCUT2D eigenvalue weighted by molar-refractivity contribution is -0.119. The van der Waals surface area contributed by atoms with Crippen molar-refractivity contribution in [3.63, 3.8) is 0 Å². The van der Waals surface area contributed by atoms with Crippen molar-refractivity contribution >= 4 is 5.91 Å². The predicted molar refractivity (Wildman–Crippen MR) is 81.0 cm³/mol. The van der Waals surface area contributed by atoms with Crippen LogP contribution < -0.4 is 15.8 Å². The SMILES string of the molecule is COCCC1(CNCc2ccc(OCC(N)=O)cc2)CC1. The number of benzene rings is 1. The van der Waals surface area contributed by atoms with Gasteiger partial charge in [-0.1, -0.05) is 12.1 Å². The van der Waals surface area contributed by atoms with Gasteiger partial charge in [0.2, 0.25) is 0 Å². The number of amides is 1. The standard InChI is InChI=1S/C16H24N2O3/c1-20-9-8-16(6-7-16)12-18-10-13-2-4-14(5-3-13)21-11-15(17)19/h2-5,18H,6-12H2,1H3,(H2,17,19). The summed E-state index contributed by atoms with van der Waals surface area (Å²) in [6.07, 6.45) is 3.73. The molecule has 1 fully saturated rings. The van der Waals surface area contributed by atoms with Gasteiger partial charge in [-0.15, -0.1) is 0 Å². The highest BCUT2D eigenvalue weighted by atomic mass is 16.5. The fourth-order valence-corrected chi connectivity index (χ4v) is 2.34. The van der Waals surface area contributed by atoms with Crippen LogP contribution in [0.4, 0.5) is 0 Å². The molecule has 0 radical (unpaired) electrons. The van der Waals surface area contributed by atoms with Gasteiger partial charge >= 0.3 is 0 Å². The monoisotopic (exact) mass is 292 g/mol. The number of carbonyl (C=O) groups is 1. The number of methoxy groups -OCH3 is 1. The first-order valence-electron chi connectivity index (χ1n) is 7.33. The third-order valence-corrected chi connectivity index (χ3v) is 3.93. The topological polar surface area (TPSA) is 73.6 Å². The van der Waals surface area contributed by atoms with E-state index in [1.54, 1.807) is 7.11 Å². The number of carbonyl (C=O) groups excluding carboxylic acids is 1. The van der Waals surface area contributed by atoms with E-state index in [-0.39, 0.29) is 6.61 Å². The molecule has 0 atom stereocenters. The largest absolute Gasteiger partial charge is 0.484 e. The van der Waals surface area contributed by atoms with Crippen LogP contribution in [-0.2, 0) is 16.1 Å². The minimum absolute atomic E-state index is 0.0837. The molecule has 0 unspecified atom stereocenters. The zero-order valence-electron chi connectivity index (χ0n) is 12.6. The van der Waals surface area contributed by atoms with E-state index in [0.29, 0.717) is 11.2 Å². The summed E-state index contributed by atoms with van der Waals surface area (Å²) in [5, 5.41) is 3.51. The number of nitrogens with one attached hydrogen (secondary N) is 1. The number of hydrogen-bond donors (Lipinski definition) is 2.